The van der Waals surface area contributed by atoms with Crippen molar-refractivity contribution >= 4 is 23.4 Å². The summed E-state index contributed by atoms with van der Waals surface area (Å²) in [4.78, 5) is 28.6. The lowest BCUT2D eigenvalue weighted by atomic mass is 10.2. The summed E-state index contributed by atoms with van der Waals surface area (Å²) in [6.45, 7) is 4.26. The van der Waals surface area contributed by atoms with Gasteiger partial charge in [0.1, 0.15) is 11.5 Å². The largest absolute Gasteiger partial charge is 0.306 e. The van der Waals surface area contributed by atoms with Crippen LogP contribution in [-0.4, -0.2) is 27.5 Å². The molecule has 0 aliphatic carbocycles. The number of halogens is 1. The van der Waals surface area contributed by atoms with Gasteiger partial charge in [-0.2, -0.15) is 5.10 Å². The molecule has 3 aromatic rings. The summed E-state index contributed by atoms with van der Waals surface area (Å²) in [6.07, 6.45) is 0.790. The van der Waals surface area contributed by atoms with Crippen LogP contribution in [0.1, 0.15) is 29.5 Å². The molecule has 2 aromatic carbocycles. The van der Waals surface area contributed by atoms with Gasteiger partial charge >= 0.3 is 0 Å². The molecule has 0 radical (unpaired) electrons. The molecule has 0 N–H and O–H groups in total. The number of anilines is 1. The summed E-state index contributed by atoms with van der Waals surface area (Å²) >= 11 is 1.71. The number of carbonyl (C=O) groups is 1. The van der Waals surface area contributed by atoms with Crippen LogP contribution in [0, 0.1) is 12.7 Å². The molecule has 1 amide bonds. The van der Waals surface area contributed by atoms with Crippen molar-refractivity contribution in [2.75, 3.05) is 11.4 Å². The van der Waals surface area contributed by atoms with E-state index in [0.717, 1.165) is 17.0 Å². The third-order valence-corrected chi connectivity index (χ3v) is 6.12. The minimum absolute atomic E-state index is 0.194. The Morgan fingerprint density at radius 2 is 1.83 bits per heavy atom. The molecule has 4 rings (SSSR count). The number of rotatable bonds is 2. The van der Waals surface area contributed by atoms with Crippen LogP contribution in [0.15, 0.2) is 64.3 Å². The first-order chi connectivity index (χ1) is 14.0. The normalized spacial score (nSPS) is 16.2. The average molecular weight is 409 g/mol. The van der Waals surface area contributed by atoms with Crippen LogP contribution in [0.4, 0.5) is 10.1 Å². The standard InChI is InChI=1S/C22H20FN3O2S/c1-14-13-19(27)21(24-26(14)17-8-4-3-7-16(17)23)22(28)25-12-11-15(2)29-20-10-6-5-9-18(20)25/h3-10,13,15H,11-12H2,1-2H3/t15-/m0/s1. The zero-order valence-corrected chi connectivity index (χ0v) is 16.9. The Balaban J connectivity index is 1.81. The fraction of sp³-hybridized carbons (Fsp3) is 0.227. The van der Waals surface area contributed by atoms with E-state index in [0.29, 0.717) is 17.5 Å². The minimum Gasteiger partial charge on any atom is -0.306 e. The van der Waals surface area contributed by atoms with Crippen molar-refractivity contribution in [2.45, 2.75) is 30.4 Å². The predicted octanol–water partition coefficient (Wildman–Crippen LogP) is 4.21. The predicted molar refractivity (Wildman–Crippen MR) is 113 cm³/mol. The topological polar surface area (TPSA) is 55.2 Å². The Morgan fingerprint density at radius 3 is 2.59 bits per heavy atom. The second kappa shape index (κ2) is 7.83. The average Bonchev–Trinajstić information content (AvgIpc) is 2.86. The Morgan fingerprint density at radius 1 is 1.14 bits per heavy atom. The van der Waals surface area contributed by atoms with Crippen molar-refractivity contribution in [2.24, 2.45) is 0 Å². The molecule has 1 aliphatic rings. The first-order valence-electron chi connectivity index (χ1n) is 9.39. The molecule has 0 bridgehead atoms. The van der Waals surface area contributed by atoms with Gasteiger partial charge in [-0.15, -0.1) is 11.8 Å². The van der Waals surface area contributed by atoms with Crippen LogP contribution < -0.4 is 10.3 Å². The van der Waals surface area contributed by atoms with Crippen molar-refractivity contribution < 1.29 is 9.18 Å². The molecule has 29 heavy (non-hydrogen) atoms. The lowest BCUT2D eigenvalue weighted by Crippen LogP contribution is -2.37. The molecular weight excluding hydrogens is 389 g/mol. The van der Waals surface area contributed by atoms with E-state index in [1.54, 1.807) is 41.8 Å². The van der Waals surface area contributed by atoms with Crippen molar-refractivity contribution in [3.63, 3.8) is 0 Å². The zero-order valence-electron chi connectivity index (χ0n) is 16.1. The summed E-state index contributed by atoms with van der Waals surface area (Å²) in [5.74, 6) is -0.947. The first kappa shape index (κ1) is 19.4. The maximum Gasteiger partial charge on any atom is 0.282 e. The van der Waals surface area contributed by atoms with Gasteiger partial charge in [-0.05, 0) is 37.6 Å². The van der Waals surface area contributed by atoms with Crippen molar-refractivity contribution in [3.8, 4) is 5.69 Å². The number of thioether (sulfide) groups is 1. The quantitative estimate of drug-likeness (QED) is 0.636. The number of hydrogen-bond donors (Lipinski definition) is 0. The van der Waals surface area contributed by atoms with E-state index in [9.17, 15) is 14.0 Å². The lowest BCUT2D eigenvalue weighted by Gasteiger charge is -2.22. The Labute approximate surface area is 172 Å². The smallest absolute Gasteiger partial charge is 0.282 e. The van der Waals surface area contributed by atoms with E-state index in [1.807, 2.05) is 24.3 Å². The lowest BCUT2D eigenvalue weighted by molar-refractivity contribution is 0.0978. The van der Waals surface area contributed by atoms with Crippen molar-refractivity contribution in [3.05, 3.63) is 82.0 Å². The van der Waals surface area contributed by atoms with Gasteiger partial charge in [0.25, 0.3) is 5.91 Å². The molecule has 1 atom stereocenters. The fourth-order valence-corrected chi connectivity index (χ4v) is 4.50. The molecule has 1 aromatic heterocycles. The highest BCUT2D eigenvalue weighted by molar-refractivity contribution is 8.00. The number of fused-ring (bicyclic) bond motifs is 1. The molecule has 0 saturated carbocycles. The van der Waals surface area contributed by atoms with Gasteiger partial charge in [-0.3, -0.25) is 9.59 Å². The summed E-state index contributed by atoms with van der Waals surface area (Å²) in [5.41, 5.74) is 0.735. The van der Waals surface area contributed by atoms with E-state index < -0.39 is 17.2 Å². The highest BCUT2D eigenvalue weighted by Gasteiger charge is 2.28. The third kappa shape index (κ3) is 3.70. The van der Waals surface area contributed by atoms with Gasteiger partial charge in [0.2, 0.25) is 5.43 Å². The minimum atomic E-state index is -0.476. The van der Waals surface area contributed by atoms with Gasteiger partial charge in [0.15, 0.2) is 5.69 Å². The summed E-state index contributed by atoms with van der Waals surface area (Å²) in [7, 11) is 0. The van der Waals surface area contributed by atoms with Gasteiger partial charge < -0.3 is 4.90 Å². The second-order valence-corrected chi connectivity index (χ2v) is 8.48. The molecule has 0 unspecified atom stereocenters. The highest BCUT2D eigenvalue weighted by Crippen LogP contribution is 2.37. The Hall–Kier alpha value is -2.93. The van der Waals surface area contributed by atoms with E-state index in [4.69, 9.17) is 0 Å². The Kier molecular flexibility index (Phi) is 5.24. The number of aryl methyl sites for hydroxylation is 1. The number of aromatic nitrogens is 2. The third-order valence-electron chi connectivity index (χ3n) is 4.88. The van der Waals surface area contributed by atoms with Crippen molar-refractivity contribution in [1.82, 2.24) is 9.78 Å². The number of amides is 1. The van der Waals surface area contributed by atoms with E-state index >= 15 is 0 Å². The number of carbonyl (C=O) groups excluding carboxylic acids is 1. The Bertz CT molecular complexity index is 1140. The molecule has 148 valence electrons. The molecule has 0 spiro atoms. The highest BCUT2D eigenvalue weighted by atomic mass is 32.2. The number of nitrogens with zero attached hydrogens (tertiary/aromatic N) is 3. The van der Waals surface area contributed by atoms with Crippen molar-refractivity contribution in [1.29, 1.82) is 0 Å². The number of para-hydroxylation sites is 2. The molecule has 7 heteroatoms. The van der Waals surface area contributed by atoms with Crippen LogP contribution in [0.25, 0.3) is 5.69 Å². The SMILES string of the molecule is Cc1cc(=O)c(C(=O)N2CC[C@H](C)Sc3ccccc32)nn1-c1ccccc1F. The monoisotopic (exact) mass is 409 g/mol. The first-order valence-corrected chi connectivity index (χ1v) is 10.3. The number of benzene rings is 2. The second-order valence-electron chi connectivity index (χ2n) is 7.00. The molecule has 0 fully saturated rings. The van der Waals surface area contributed by atoms with Crippen LogP contribution >= 0.6 is 11.8 Å². The summed E-state index contributed by atoms with van der Waals surface area (Å²) in [6, 6.07) is 15.1. The van der Waals surface area contributed by atoms with Gasteiger partial charge in [-0.25, -0.2) is 9.07 Å². The summed E-state index contributed by atoms with van der Waals surface area (Å²) < 4.78 is 15.6. The molecule has 2 heterocycles. The molecule has 1 aliphatic heterocycles. The van der Waals surface area contributed by atoms with Crippen LogP contribution in [0.5, 0.6) is 0 Å². The molecule has 0 saturated heterocycles. The zero-order chi connectivity index (χ0) is 20.5. The van der Waals surface area contributed by atoms with Gasteiger partial charge in [0, 0.05) is 28.5 Å². The summed E-state index contributed by atoms with van der Waals surface area (Å²) in [5, 5.41) is 4.61. The van der Waals surface area contributed by atoms with Gasteiger partial charge in [-0.1, -0.05) is 31.2 Å². The van der Waals surface area contributed by atoms with E-state index in [2.05, 4.69) is 12.0 Å². The van der Waals surface area contributed by atoms with Crippen LogP contribution in [0.2, 0.25) is 0 Å². The maximum absolute atomic E-state index is 14.3. The van der Waals surface area contributed by atoms with Gasteiger partial charge in [0.05, 0.1) is 5.69 Å². The van der Waals surface area contributed by atoms with Crippen LogP contribution in [-0.2, 0) is 0 Å². The molecule has 5 nitrogen and oxygen atoms in total. The fourth-order valence-electron chi connectivity index (χ4n) is 3.39. The molecular formula is C22H20FN3O2S. The van der Waals surface area contributed by atoms with E-state index in [-0.39, 0.29) is 11.4 Å². The number of hydrogen-bond acceptors (Lipinski definition) is 4. The maximum atomic E-state index is 14.3. The van der Waals surface area contributed by atoms with Crippen LogP contribution in [0.3, 0.4) is 0 Å². The van der Waals surface area contributed by atoms with E-state index in [1.165, 1.54) is 16.8 Å².